The largest absolute Gasteiger partial charge is 0.381 e. The zero-order valence-electron chi connectivity index (χ0n) is 12.7. The van der Waals surface area contributed by atoms with Gasteiger partial charge < -0.3 is 10.1 Å². The summed E-state index contributed by atoms with van der Waals surface area (Å²) in [4.78, 5) is 1.42. The second-order valence-corrected chi connectivity index (χ2v) is 6.65. The van der Waals surface area contributed by atoms with Crippen LogP contribution in [0.3, 0.4) is 0 Å². The summed E-state index contributed by atoms with van der Waals surface area (Å²) in [6.45, 7) is 7.43. The maximum absolute atomic E-state index is 5.50. The van der Waals surface area contributed by atoms with Crippen LogP contribution in [0.2, 0.25) is 0 Å². The molecule has 3 heteroatoms. The third kappa shape index (κ3) is 4.80. The van der Waals surface area contributed by atoms with Crippen molar-refractivity contribution in [1.29, 1.82) is 0 Å². The van der Waals surface area contributed by atoms with Crippen LogP contribution in [0.4, 0.5) is 0 Å². The molecule has 1 heterocycles. The fraction of sp³-hybridized carbons (Fsp3) is 0.647. The van der Waals surface area contributed by atoms with E-state index in [9.17, 15) is 0 Å². The number of hydrogen-bond donors (Lipinski definition) is 1. The molecular formula is C17H27NOS. The summed E-state index contributed by atoms with van der Waals surface area (Å²) < 4.78 is 5.50. The molecule has 0 aromatic heterocycles. The Kier molecular flexibility index (Phi) is 6.91. The van der Waals surface area contributed by atoms with Gasteiger partial charge in [-0.25, -0.2) is 0 Å². The molecule has 1 saturated heterocycles. The van der Waals surface area contributed by atoms with Crippen molar-refractivity contribution in [2.75, 3.05) is 25.5 Å². The predicted octanol–water partition coefficient (Wildman–Crippen LogP) is 3.88. The second kappa shape index (κ2) is 8.71. The van der Waals surface area contributed by atoms with Crippen molar-refractivity contribution >= 4 is 11.8 Å². The molecule has 0 spiro atoms. The van der Waals surface area contributed by atoms with Crippen LogP contribution in [-0.4, -0.2) is 31.6 Å². The molecule has 1 aromatic rings. The molecule has 0 bridgehead atoms. The molecule has 1 aliphatic rings. The first-order valence-electron chi connectivity index (χ1n) is 7.80. The van der Waals surface area contributed by atoms with Crippen molar-refractivity contribution in [3.8, 4) is 0 Å². The number of rotatable bonds is 7. The molecule has 1 aliphatic heterocycles. The van der Waals surface area contributed by atoms with Crippen molar-refractivity contribution in [3.05, 3.63) is 29.8 Å². The van der Waals surface area contributed by atoms with E-state index < -0.39 is 0 Å². The van der Waals surface area contributed by atoms with Crippen LogP contribution < -0.4 is 5.32 Å². The summed E-state index contributed by atoms with van der Waals surface area (Å²) in [6.07, 6.45) is 3.61. The van der Waals surface area contributed by atoms with Crippen molar-refractivity contribution in [2.45, 2.75) is 44.0 Å². The lowest BCUT2D eigenvalue weighted by molar-refractivity contribution is 0.0566. The summed E-state index contributed by atoms with van der Waals surface area (Å²) in [7, 11) is 0. The highest BCUT2D eigenvalue weighted by atomic mass is 32.2. The quantitative estimate of drug-likeness (QED) is 0.771. The normalized spacial score (nSPS) is 18.1. The minimum absolute atomic E-state index is 0.614. The van der Waals surface area contributed by atoms with E-state index in [2.05, 4.69) is 43.4 Å². The molecule has 1 atom stereocenters. The Morgan fingerprint density at radius 2 is 2.05 bits per heavy atom. The molecular weight excluding hydrogens is 266 g/mol. The highest BCUT2D eigenvalue weighted by molar-refractivity contribution is 7.99. The van der Waals surface area contributed by atoms with Gasteiger partial charge in [-0.3, -0.25) is 0 Å². The smallest absolute Gasteiger partial charge is 0.0469 e. The van der Waals surface area contributed by atoms with Crippen LogP contribution in [-0.2, 0) is 4.74 Å². The molecule has 2 nitrogen and oxygen atoms in total. The monoisotopic (exact) mass is 293 g/mol. The highest BCUT2D eigenvalue weighted by Crippen LogP contribution is 2.27. The van der Waals surface area contributed by atoms with Crippen LogP contribution in [0.15, 0.2) is 29.2 Å². The van der Waals surface area contributed by atoms with Crippen LogP contribution >= 0.6 is 11.8 Å². The number of thioether (sulfide) groups is 1. The maximum atomic E-state index is 5.50. The lowest BCUT2D eigenvalue weighted by atomic mass is 9.93. The fourth-order valence-corrected chi connectivity index (χ4v) is 3.93. The average Bonchev–Trinajstić information content (AvgIpc) is 2.50. The maximum Gasteiger partial charge on any atom is 0.0469 e. The Balaban J connectivity index is 1.91. The number of hydrogen-bond acceptors (Lipinski definition) is 3. The number of benzene rings is 1. The van der Waals surface area contributed by atoms with Crippen LogP contribution in [0, 0.1) is 12.8 Å². The Bertz CT molecular complexity index is 390. The van der Waals surface area contributed by atoms with E-state index in [0.717, 1.165) is 31.4 Å². The molecule has 0 amide bonds. The summed E-state index contributed by atoms with van der Waals surface area (Å²) >= 11 is 2.00. The second-order valence-electron chi connectivity index (χ2n) is 5.59. The molecule has 0 saturated carbocycles. The van der Waals surface area contributed by atoms with E-state index in [1.54, 1.807) is 0 Å². The van der Waals surface area contributed by atoms with E-state index in [4.69, 9.17) is 4.74 Å². The van der Waals surface area contributed by atoms with Gasteiger partial charge in [-0.05, 0) is 50.3 Å². The van der Waals surface area contributed by atoms with Crippen LogP contribution in [0.1, 0.15) is 31.7 Å². The van der Waals surface area contributed by atoms with Gasteiger partial charge in [0.15, 0.2) is 0 Å². The number of nitrogens with one attached hydrogen (secondary N) is 1. The molecule has 112 valence electrons. The first-order valence-corrected chi connectivity index (χ1v) is 8.79. The number of ether oxygens (including phenoxy) is 1. The fourth-order valence-electron chi connectivity index (χ4n) is 2.71. The van der Waals surface area contributed by atoms with Crippen molar-refractivity contribution in [2.24, 2.45) is 5.92 Å². The van der Waals surface area contributed by atoms with Crippen LogP contribution in [0.5, 0.6) is 0 Å². The topological polar surface area (TPSA) is 21.3 Å². The third-order valence-corrected chi connectivity index (χ3v) is 5.30. The molecule has 0 radical (unpaired) electrons. The average molecular weight is 293 g/mol. The van der Waals surface area contributed by atoms with Gasteiger partial charge in [0.05, 0.1) is 0 Å². The van der Waals surface area contributed by atoms with Gasteiger partial charge in [-0.1, -0.05) is 25.1 Å². The van der Waals surface area contributed by atoms with Gasteiger partial charge in [0.2, 0.25) is 0 Å². The lowest BCUT2D eigenvalue weighted by Gasteiger charge is -2.31. The van der Waals surface area contributed by atoms with Crippen molar-refractivity contribution in [1.82, 2.24) is 5.32 Å². The van der Waals surface area contributed by atoms with Gasteiger partial charge in [0.25, 0.3) is 0 Å². The summed E-state index contributed by atoms with van der Waals surface area (Å²) in [6, 6.07) is 9.30. The van der Waals surface area contributed by atoms with E-state index in [-0.39, 0.29) is 0 Å². The summed E-state index contributed by atoms with van der Waals surface area (Å²) in [5, 5.41) is 3.75. The Hall–Kier alpha value is -0.510. The van der Waals surface area contributed by atoms with E-state index in [1.807, 2.05) is 11.8 Å². The van der Waals surface area contributed by atoms with E-state index in [0.29, 0.717) is 6.04 Å². The minimum atomic E-state index is 0.614. The summed E-state index contributed by atoms with van der Waals surface area (Å²) in [5.41, 5.74) is 1.39. The molecule has 1 N–H and O–H groups in total. The molecule has 20 heavy (non-hydrogen) atoms. The van der Waals surface area contributed by atoms with Gasteiger partial charge in [-0.15, -0.1) is 11.8 Å². The lowest BCUT2D eigenvalue weighted by Crippen LogP contribution is -2.41. The van der Waals surface area contributed by atoms with Gasteiger partial charge in [-0.2, -0.15) is 0 Å². The molecule has 0 aliphatic carbocycles. The zero-order chi connectivity index (χ0) is 14.2. The third-order valence-electron chi connectivity index (χ3n) is 4.00. The molecule has 1 unspecified atom stereocenters. The minimum Gasteiger partial charge on any atom is -0.381 e. The Labute approximate surface area is 127 Å². The zero-order valence-corrected chi connectivity index (χ0v) is 13.5. The molecule has 2 rings (SSSR count). The predicted molar refractivity (Wildman–Crippen MR) is 87.5 cm³/mol. The highest BCUT2D eigenvalue weighted by Gasteiger charge is 2.23. The van der Waals surface area contributed by atoms with E-state index >= 15 is 0 Å². The Morgan fingerprint density at radius 3 is 2.75 bits per heavy atom. The van der Waals surface area contributed by atoms with Crippen LogP contribution in [0.25, 0.3) is 0 Å². The Morgan fingerprint density at radius 1 is 1.30 bits per heavy atom. The van der Waals surface area contributed by atoms with Gasteiger partial charge in [0.1, 0.15) is 0 Å². The first kappa shape index (κ1) is 15.9. The first-order chi connectivity index (χ1) is 9.81. The van der Waals surface area contributed by atoms with Gasteiger partial charge >= 0.3 is 0 Å². The van der Waals surface area contributed by atoms with Crippen molar-refractivity contribution < 1.29 is 4.74 Å². The SMILES string of the molecule is CCCNC(CSc1ccccc1C)C1CCOCC1. The van der Waals surface area contributed by atoms with Crippen molar-refractivity contribution in [3.63, 3.8) is 0 Å². The summed E-state index contributed by atoms with van der Waals surface area (Å²) in [5.74, 6) is 1.93. The standard InChI is InChI=1S/C17H27NOS/c1-3-10-18-16(15-8-11-19-12-9-15)13-20-17-7-5-4-6-14(17)2/h4-7,15-16,18H,3,8-13H2,1-2H3. The molecule has 1 fully saturated rings. The molecule has 1 aromatic carbocycles. The van der Waals surface area contributed by atoms with E-state index in [1.165, 1.54) is 29.7 Å². The number of aryl methyl sites for hydroxylation is 1. The van der Waals surface area contributed by atoms with Gasteiger partial charge in [0, 0.05) is 29.9 Å².